The molecule has 198 valence electrons. The average Bonchev–Trinajstić information content (AvgIpc) is 3.29. The number of ether oxygens (including phenoxy) is 1. The predicted octanol–water partition coefficient (Wildman–Crippen LogP) is 4.93. The molecule has 0 saturated carbocycles. The topological polar surface area (TPSA) is 78.4 Å². The van der Waals surface area contributed by atoms with Gasteiger partial charge in [0.1, 0.15) is 22.0 Å². The van der Waals surface area contributed by atoms with Gasteiger partial charge in [-0.15, -0.1) is 6.58 Å². The number of hydrogen-bond donors (Lipinski definition) is 2. The van der Waals surface area contributed by atoms with E-state index in [0.29, 0.717) is 12.1 Å². The third-order valence-electron chi connectivity index (χ3n) is 7.22. The molecule has 0 bridgehead atoms. The van der Waals surface area contributed by atoms with Gasteiger partial charge in [-0.05, 0) is 76.4 Å². The normalized spacial score (nSPS) is 24.1. The van der Waals surface area contributed by atoms with Crippen LogP contribution >= 0.6 is 11.3 Å². The van der Waals surface area contributed by atoms with Crippen LogP contribution in [0.2, 0.25) is 0 Å². The first-order valence-corrected chi connectivity index (χ1v) is 14.3. The lowest BCUT2D eigenvalue weighted by molar-refractivity contribution is -0.0675. The van der Waals surface area contributed by atoms with Gasteiger partial charge in [0.2, 0.25) is 0 Å². The van der Waals surface area contributed by atoms with E-state index in [0.717, 1.165) is 72.7 Å². The Kier molecular flexibility index (Phi) is 8.34. The van der Waals surface area contributed by atoms with Crippen molar-refractivity contribution in [2.24, 2.45) is 0 Å². The van der Waals surface area contributed by atoms with Crippen LogP contribution in [0.3, 0.4) is 0 Å². The van der Waals surface area contributed by atoms with Crippen LogP contribution < -0.4 is 10.6 Å². The summed E-state index contributed by atoms with van der Waals surface area (Å²) in [5.41, 5.74) is 2.16. The molecule has 0 aliphatic carbocycles. The molecule has 0 spiro atoms. The van der Waals surface area contributed by atoms with Crippen LogP contribution in [-0.4, -0.2) is 81.8 Å². The van der Waals surface area contributed by atoms with Gasteiger partial charge in [-0.1, -0.05) is 17.4 Å². The molecule has 8 nitrogen and oxygen atoms in total. The zero-order chi connectivity index (χ0) is 25.8. The summed E-state index contributed by atoms with van der Waals surface area (Å²) in [4.78, 5) is 20.0. The Labute approximate surface area is 224 Å². The number of likely N-dealkylation sites (tertiary alicyclic amines) is 1. The number of aromatic nitrogens is 3. The van der Waals surface area contributed by atoms with Gasteiger partial charge in [-0.2, -0.15) is 0 Å². The van der Waals surface area contributed by atoms with Crippen LogP contribution in [0.25, 0.3) is 10.3 Å². The molecule has 9 heteroatoms. The van der Waals surface area contributed by atoms with Crippen molar-refractivity contribution < 1.29 is 4.74 Å². The Balaban J connectivity index is 1.34. The molecule has 2 saturated heterocycles. The number of piperidine rings is 1. The summed E-state index contributed by atoms with van der Waals surface area (Å²) in [5, 5.41) is 8.01. The quantitative estimate of drug-likeness (QED) is 0.384. The standard InChI is InChI=1S/C28H39N7OS/c1-5-19(2)35-12-7-8-23(18-35)30-25-14-22(10-13-34-16-20(3)36-21(4)17-34)15-26(32-25)33-28-31-24-9-6-11-29-27(24)37-28/h5-6,9,11,14-15,19-21,23H,1,7-8,10,12-13,16-18H2,2-4H3,(H2,30,31,32,33)/t19?,20-,21+,23?. The highest BCUT2D eigenvalue weighted by atomic mass is 32.1. The van der Waals surface area contributed by atoms with Gasteiger partial charge < -0.3 is 15.4 Å². The number of hydrogen-bond acceptors (Lipinski definition) is 9. The van der Waals surface area contributed by atoms with Gasteiger partial charge in [-0.25, -0.2) is 15.0 Å². The third-order valence-corrected chi connectivity index (χ3v) is 8.11. The highest BCUT2D eigenvalue weighted by Gasteiger charge is 2.24. The van der Waals surface area contributed by atoms with Crippen molar-refractivity contribution in [2.45, 2.75) is 64.3 Å². The van der Waals surface area contributed by atoms with E-state index in [1.165, 1.54) is 12.0 Å². The molecule has 0 aromatic carbocycles. The minimum Gasteiger partial charge on any atom is -0.373 e. The molecule has 2 N–H and O–H groups in total. The van der Waals surface area contributed by atoms with Gasteiger partial charge in [-0.3, -0.25) is 9.80 Å². The molecule has 2 fully saturated rings. The zero-order valence-electron chi connectivity index (χ0n) is 22.2. The molecule has 2 aliphatic rings. The fourth-order valence-corrected chi connectivity index (χ4v) is 6.22. The Bertz CT molecular complexity index is 1160. The van der Waals surface area contributed by atoms with E-state index in [2.05, 4.69) is 64.9 Å². The van der Waals surface area contributed by atoms with E-state index >= 15 is 0 Å². The van der Waals surface area contributed by atoms with Gasteiger partial charge in [0.25, 0.3) is 0 Å². The van der Waals surface area contributed by atoms with Crippen LogP contribution in [0, 0.1) is 0 Å². The molecule has 0 radical (unpaired) electrons. The Morgan fingerprint density at radius 1 is 1.19 bits per heavy atom. The maximum atomic E-state index is 5.92. The van der Waals surface area contributed by atoms with E-state index in [1.54, 1.807) is 17.5 Å². The van der Waals surface area contributed by atoms with Gasteiger partial charge in [0.05, 0.1) is 12.2 Å². The van der Waals surface area contributed by atoms with E-state index < -0.39 is 0 Å². The number of rotatable bonds is 9. The number of pyridine rings is 2. The Hall–Kier alpha value is -2.59. The van der Waals surface area contributed by atoms with Crippen LogP contribution in [0.15, 0.2) is 43.1 Å². The van der Waals surface area contributed by atoms with E-state index in [-0.39, 0.29) is 12.2 Å². The fourth-order valence-electron chi connectivity index (χ4n) is 5.41. The summed E-state index contributed by atoms with van der Waals surface area (Å²) in [5.74, 6) is 1.73. The molecule has 4 atom stereocenters. The summed E-state index contributed by atoms with van der Waals surface area (Å²) >= 11 is 1.55. The first-order valence-electron chi connectivity index (χ1n) is 13.5. The summed E-state index contributed by atoms with van der Waals surface area (Å²) < 4.78 is 5.92. The van der Waals surface area contributed by atoms with E-state index in [9.17, 15) is 0 Å². The van der Waals surface area contributed by atoms with Crippen molar-refractivity contribution in [3.63, 3.8) is 0 Å². The first-order chi connectivity index (χ1) is 17.9. The molecule has 5 heterocycles. The lowest BCUT2D eigenvalue weighted by Gasteiger charge is -2.36. The second-order valence-electron chi connectivity index (χ2n) is 10.4. The van der Waals surface area contributed by atoms with Crippen molar-refractivity contribution in [1.82, 2.24) is 24.8 Å². The Morgan fingerprint density at radius 2 is 2.00 bits per heavy atom. The Morgan fingerprint density at radius 3 is 2.78 bits per heavy atom. The van der Waals surface area contributed by atoms with E-state index in [4.69, 9.17) is 14.7 Å². The maximum absolute atomic E-state index is 5.92. The lowest BCUT2D eigenvalue weighted by atomic mass is 10.0. The summed E-state index contributed by atoms with van der Waals surface area (Å²) in [6.07, 6.45) is 7.65. The molecule has 2 unspecified atom stereocenters. The average molecular weight is 522 g/mol. The molecule has 5 rings (SSSR count). The maximum Gasteiger partial charge on any atom is 0.190 e. The molecule has 3 aromatic rings. The number of fused-ring (bicyclic) bond motifs is 1. The van der Waals surface area contributed by atoms with Crippen LogP contribution in [-0.2, 0) is 11.2 Å². The van der Waals surface area contributed by atoms with Crippen LogP contribution in [0.4, 0.5) is 16.8 Å². The number of anilines is 3. The summed E-state index contributed by atoms with van der Waals surface area (Å²) in [6.45, 7) is 15.6. The predicted molar refractivity (Wildman–Crippen MR) is 153 cm³/mol. The number of nitrogens with zero attached hydrogens (tertiary/aromatic N) is 5. The zero-order valence-corrected chi connectivity index (χ0v) is 23.0. The van der Waals surface area contributed by atoms with Crippen molar-refractivity contribution in [1.29, 1.82) is 0 Å². The molecular weight excluding hydrogens is 482 g/mol. The first kappa shape index (κ1) is 26.0. The van der Waals surface area contributed by atoms with Gasteiger partial charge >= 0.3 is 0 Å². The smallest absolute Gasteiger partial charge is 0.190 e. The highest BCUT2D eigenvalue weighted by molar-refractivity contribution is 7.21. The van der Waals surface area contributed by atoms with Crippen LogP contribution in [0.1, 0.15) is 39.2 Å². The largest absolute Gasteiger partial charge is 0.373 e. The molecule has 3 aromatic heterocycles. The minimum atomic E-state index is 0.274. The van der Waals surface area contributed by atoms with Crippen LogP contribution in [0.5, 0.6) is 0 Å². The van der Waals surface area contributed by atoms with Crippen molar-refractivity contribution in [3.8, 4) is 0 Å². The number of morpholine rings is 1. The highest BCUT2D eigenvalue weighted by Crippen LogP contribution is 2.28. The molecule has 0 amide bonds. The van der Waals surface area contributed by atoms with E-state index in [1.807, 2.05) is 18.2 Å². The minimum absolute atomic E-state index is 0.274. The SMILES string of the molecule is C=CC(C)N1CCCC(Nc2cc(CCN3C[C@@H](C)O[C@@H](C)C3)cc(Nc3nc4cccnc4s3)n2)C1. The third kappa shape index (κ3) is 6.84. The van der Waals surface area contributed by atoms with Crippen molar-refractivity contribution in [2.75, 3.05) is 43.4 Å². The molecular formula is C28H39N7OS. The summed E-state index contributed by atoms with van der Waals surface area (Å²) in [7, 11) is 0. The number of thiazole rings is 1. The second kappa shape index (κ2) is 11.9. The molecule has 37 heavy (non-hydrogen) atoms. The number of nitrogens with one attached hydrogen (secondary N) is 2. The molecule has 2 aliphatic heterocycles. The van der Waals surface area contributed by atoms with Crippen molar-refractivity contribution in [3.05, 3.63) is 48.7 Å². The second-order valence-corrected chi connectivity index (χ2v) is 11.4. The van der Waals surface area contributed by atoms with Gasteiger partial charge in [0, 0.05) is 44.5 Å². The monoisotopic (exact) mass is 521 g/mol. The van der Waals surface area contributed by atoms with Gasteiger partial charge in [0.15, 0.2) is 5.13 Å². The van der Waals surface area contributed by atoms with Crippen molar-refractivity contribution >= 4 is 38.5 Å². The fraction of sp³-hybridized carbons (Fsp3) is 0.536. The lowest BCUT2D eigenvalue weighted by Crippen LogP contribution is -2.46. The summed E-state index contributed by atoms with van der Waals surface area (Å²) in [6, 6.07) is 9.02.